The van der Waals surface area contributed by atoms with Gasteiger partial charge < -0.3 is 24.2 Å². The predicted molar refractivity (Wildman–Crippen MR) is 149 cm³/mol. The van der Waals surface area contributed by atoms with Gasteiger partial charge in [-0.2, -0.15) is 0 Å². The first-order valence-electron chi connectivity index (χ1n) is 14.3. The number of rotatable bonds is 3. The van der Waals surface area contributed by atoms with Crippen molar-refractivity contribution in [3.63, 3.8) is 0 Å². The standard InChI is InChI=1S/C31H36N4O5/c1-38-27-12-11-22-17-29(27)39-15-6-5-13-34(31(37)24-18-28(40-33-24)21-8-3-2-4-9-21)20-30(36)32-19-23-16-26(22)35-14-7-10-25(23)35/h2-4,8-9,11-12,17-18,23,25-26H,5-7,10,13-16,19-20H2,1H3,(H,32,36)/t23-,25+,26-/m1/s1. The summed E-state index contributed by atoms with van der Waals surface area (Å²) in [6.45, 7) is 2.52. The van der Waals surface area contributed by atoms with E-state index in [2.05, 4.69) is 27.5 Å². The molecule has 4 bridgehead atoms. The molecule has 9 heteroatoms. The summed E-state index contributed by atoms with van der Waals surface area (Å²) in [7, 11) is 1.66. The maximum absolute atomic E-state index is 13.5. The van der Waals surface area contributed by atoms with Crippen molar-refractivity contribution in [1.82, 2.24) is 20.3 Å². The van der Waals surface area contributed by atoms with Gasteiger partial charge in [-0.3, -0.25) is 14.5 Å². The lowest BCUT2D eigenvalue weighted by molar-refractivity contribution is -0.122. The number of carbonyl (C=O) groups is 2. The molecule has 3 aliphatic heterocycles. The van der Waals surface area contributed by atoms with E-state index in [1.54, 1.807) is 18.1 Å². The van der Waals surface area contributed by atoms with E-state index in [9.17, 15) is 9.59 Å². The number of carbonyl (C=O) groups excluding carboxylic acids is 2. The van der Waals surface area contributed by atoms with Crippen LogP contribution in [0.15, 0.2) is 59.1 Å². The van der Waals surface area contributed by atoms with Gasteiger partial charge in [0.05, 0.1) is 20.3 Å². The van der Waals surface area contributed by atoms with Crippen LogP contribution in [0.25, 0.3) is 11.3 Å². The second kappa shape index (κ2) is 11.7. The normalized spacial score (nSPS) is 23.8. The van der Waals surface area contributed by atoms with Gasteiger partial charge in [0, 0.05) is 36.8 Å². The highest BCUT2D eigenvalue weighted by atomic mass is 16.5. The van der Waals surface area contributed by atoms with Crippen LogP contribution in [0, 0.1) is 5.92 Å². The molecule has 1 aromatic heterocycles. The molecule has 0 spiro atoms. The van der Waals surface area contributed by atoms with Gasteiger partial charge >= 0.3 is 0 Å². The summed E-state index contributed by atoms with van der Waals surface area (Å²) in [6, 6.07) is 18.2. The molecule has 2 fully saturated rings. The molecule has 0 radical (unpaired) electrons. The molecule has 1 N–H and O–H groups in total. The minimum absolute atomic E-state index is 0.0232. The van der Waals surface area contributed by atoms with E-state index in [0.29, 0.717) is 56.3 Å². The molecule has 3 aromatic rings. The smallest absolute Gasteiger partial charge is 0.276 e. The number of hydrogen-bond donors (Lipinski definition) is 1. The minimum Gasteiger partial charge on any atom is -0.493 e. The van der Waals surface area contributed by atoms with Crippen LogP contribution in [0.2, 0.25) is 0 Å². The molecular weight excluding hydrogens is 508 g/mol. The zero-order chi connectivity index (χ0) is 27.5. The van der Waals surface area contributed by atoms with E-state index in [4.69, 9.17) is 14.0 Å². The van der Waals surface area contributed by atoms with Crippen molar-refractivity contribution in [2.24, 2.45) is 5.92 Å². The molecule has 0 saturated carbocycles. The van der Waals surface area contributed by atoms with Crippen molar-refractivity contribution in [3.05, 3.63) is 65.9 Å². The van der Waals surface area contributed by atoms with Gasteiger partial charge in [0.25, 0.3) is 5.91 Å². The summed E-state index contributed by atoms with van der Waals surface area (Å²) in [5.74, 6) is 1.88. The number of fused-ring (bicyclic) bond motifs is 8. The summed E-state index contributed by atoms with van der Waals surface area (Å²) in [6.07, 6.45) is 4.66. The van der Waals surface area contributed by atoms with Crippen LogP contribution >= 0.6 is 0 Å². The quantitative estimate of drug-likeness (QED) is 0.525. The maximum Gasteiger partial charge on any atom is 0.276 e. The Balaban J connectivity index is 1.22. The van der Waals surface area contributed by atoms with Crippen molar-refractivity contribution in [3.8, 4) is 22.8 Å². The number of nitrogens with zero attached hydrogens (tertiary/aromatic N) is 3. The summed E-state index contributed by atoms with van der Waals surface area (Å²) < 4.78 is 17.2. The van der Waals surface area contributed by atoms with Crippen LogP contribution in [-0.4, -0.2) is 72.7 Å². The van der Waals surface area contributed by atoms with Crippen LogP contribution in [0.1, 0.15) is 54.2 Å². The molecule has 6 rings (SSSR count). The van der Waals surface area contributed by atoms with E-state index in [1.807, 2.05) is 36.4 Å². The van der Waals surface area contributed by atoms with Gasteiger partial charge in [0.2, 0.25) is 5.91 Å². The van der Waals surface area contributed by atoms with E-state index in [1.165, 1.54) is 5.56 Å². The second-order valence-electron chi connectivity index (χ2n) is 10.9. The zero-order valence-electron chi connectivity index (χ0n) is 22.9. The highest BCUT2D eigenvalue weighted by Gasteiger charge is 2.44. The summed E-state index contributed by atoms with van der Waals surface area (Å²) in [5, 5.41) is 7.18. The van der Waals surface area contributed by atoms with Crippen LogP contribution in [0.3, 0.4) is 0 Å². The fraction of sp³-hybridized carbons (Fsp3) is 0.452. The number of ether oxygens (including phenoxy) is 2. The minimum atomic E-state index is -0.319. The first-order valence-corrected chi connectivity index (χ1v) is 14.3. The second-order valence-corrected chi connectivity index (χ2v) is 10.9. The molecule has 9 nitrogen and oxygen atoms in total. The predicted octanol–water partition coefficient (Wildman–Crippen LogP) is 4.31. The first-order chi connectivity index (χ1) is 19.6. The number of amides is 2. The van der Waals surface area contributed by atoms with Gasteiger partial charge in [-0.25, -0.2) is 0 Å². The zero-order valence-corrected chi connectivity index (χ0v) is 22.9. The van der Waals surface area contributed by atoms with Crippen molar-refractivity contribution in [2.75, 3.05) is 39.9 Å². The third-order valence-electron chi connectivity index (χ3n) is 8.44. The first kappa shape index (κ1) is 26.4. The van der Waals surface area contributed by atoms with E-state index >= 15 is 0 Å². The van der Waals surface area contributed by atoms with E-state index in [0.717, 1.165) is 42.9 Å². The summed E-state index contributed by atoms with van der Waals surface area (Å²) in [5.41, 5.74) is 2.27. The Morgan fingerprint density at radius 1 is 1.07 bits per heavy atom. The molecule has 3 aliphatic rings. The Morgan fingerprint density at radius 3 is 2.80 bits per heavy atom. The average Bonchev–Trinajstić information content (AvgIpc) is 3.73. The number of benzene rings is 2. The molecule has 2 aromatic carbocycles. The number of nitrogens with one attached hydrogen (secondary N) is 1. The third kappa shape index (κ3) is 5.43. The Bertz CT molecular complexity index is 1340. The Hall–Kier alpha value is -3.85. The summed E-state index contributed by atoms with van der Waals surface area (Å²) >= 11 is 0. The van der Waals surface area contributed by atoms with Crippen LogP contribution in [0.5, 0.6) is 11.5 Å². The number of hydrogen-bond acceptors (Lipinski definition) is 7. The fourth-order valence-electron chi connectivity index (χ4n) is 6.44. The van der Waals surface area contributed by atoms with Gasteiger partial charge in [-0.05, 0) is 62.3 Å². The monoisotopic (exact) mass is 544 g/mol. The van der Waals surface area contributed by atoms with Gasteiger partial charge in [0.15, 0.2) is 23.0 Å². The Kier molecular flexibility index (Phi) is 7.73. The van der Waals surface area contributed by atoms with Crippen molar-refractivity contribution in [2.45, 2.75) is 44.2 Å². The maximum atomic E-state index is 13.5. The van der Waals surface area contributed by atoms with Crippen molar-refractivity contribution >= 4 is 11.8 Å². The lowest BCUT2D eigenvalue weighted by Crippen LogP contribution is -2.43. The molecule has 0 aliphatic carbocycles. The highest BCUT2D eigenvalue weighted by molar-refractivity contribution is 5.95. The third-order valence-corrected chi connectivity index (χ3v) is 8.44. The van der Waals surface area contributed by atoms with Gasteiger partial charge in [0.1, 0.15) is 0 Å². The lowest BCUT2D eigenvalue weighted by Gasteiger charge is -2.25. The molecule has 0 unspecified atom stereocenters. The average molecular weight is 545 g/mol. The highest BCUT2D eigenvalue weighted by Crippen LogP contribution is 2.46. The van der Waals surface area contributed by atoms with Crippen LogP contribution in [0.4, 0.5) is 0 Å². The van der Waals surface area contributed by atoms with Gasteiger partial charge in [-0.1, -0.05) is 41.6 Å². The molecule has 40 heavy (non-hydrogen) atoms. The number of aromatic nitrogens is 1. The van der Waals surface area contributed by atoms with Gasteiger partial charge in [-0.15, -0.1) is 0 Å². The molecule has 2 saturated heterocycles. The van der Waals surface area contributed by atoms with E-state index in [-0.39, 0.29) is 24.1 Å². The van der Waals surface area contributed by atoms with Crippen LogP contribution in [-0.2, 0) is 4.79 Å². The Morgan fingerprint density at radius 2 is 1.95 bits per heavy atom. The van der Waals surface area contributed by atoms with Crippen LogP contribution < -0.4 is 14.8 Å². The molecule has 210 valence electrons. The SMILES string of the molecule is COc1ccc2cc1OCCCCN(C(=O)c1cc(-c3ccccc3)on1)CC(=O)NC[C@H]1C[C@H]2N2CCC[C@@H]12. The number of methoxy groups -OCH3 is 1. The largest absolute Gasteiger partial charge is 0.493 e. The van der Waals surface area contributed by atoms with Crippen molar-refractivity contribution < 1.29 is 23.6 Å². The molecule has 4 heterocycles. The summed E-state index contributed by atoms with van der Waals surface area (Å²) in [4.78, 5) is 30.8. The lowest BCUT2D eigenvalue weighted by atomic mass is 9.94. The molecule has 2 amide bonds. The topological polar surface area (TPSA) is 97.1 Å². The van der Waals surface area contributed by atoms with E-state index < -0.39 is 0 Å². The molecule has 3 atom stereocenters. The fourth-order valence-corrected chi connectivity index (χ4v) is 6.44. The molecular formula is C31H36N4O5. The van der Waals surface area contributed by atoms with Crippen molar-refractivity contribution in [1.29, 1.82) is 0 Å². The Labute approximate surface area is 234 Å².